The molecule has 2 N–H and O–H groups in total. The lowest BCUT2D eigenvalue weighted by Crippen LogP contribution is -2.30. The summed E-state index contributed by atoms with van der Waals surface area (Å²) in [5.74, 6) is 0.743. The molecule has 0 saturated heterocycles. The van der Waals surface area contributed by atoms with Crippen LogP contribution in [-0.2, 0) is 13.0 Å². The zero-order valence-electron chi connectivity index (χ0n) is 11.7. The lowest BCUT2D eigenvalue weighted by molar-refractivity contribution is 0.272. The zero-order chi connectivity index (χ0) is 12.6. The van der Waals surface area contributed by atoms with Crippen molar-refractivity contribution in [3.05, 3.63) is 23.5 Å². The lowest BCUT2D eigenvalue weighted by Gasteiger charge is -2.34. The van der Waals surface area contributed by atoms with Crippen LogP contribution < -0.4 is 5.73 Å². The molecule has 0 fully saturated rings. The molecule has 1 aliphatic carbocycles. The molecule has 0 saturated carbocycles. The summed E-state index contributed by atoms with van der Waals surface area (Å²) in [6.45, 7) is 10.4. The van der Waals surface area contributed by atoms with E-state index in [4.69, 9.17) is 5.73 Å². The van der Waals surface area contributed by atoms with Crippen LogP contribution in [0.25, 0.3) is 0 Å². The number of fused-ring (bicyclic) bond motifs is 1. The highest BCUT2D eigenvalue weighted by atomic mass is 15.0. The molecule has 2 unspecified atom stereocenters. The van der Waals surface area contributed by atoms with Gasteiger partial charge in [-0.15, -0.1) is 0 Å². The van der Waals surface area contributed by atoms with Crippen LogP contribution in [0.1, 0.15) is 57.8 Å². The van der Waals surface area contributed by atoms with Crippen molar-refractivity contribution in [3.63, 3.8) is 0 Å². The largest absolute Gasteiger partial charge is 0.351 e. The number of nitrogens with two attached hydrogens (primary N) is 1. The summed E-state index contributed by atoms with van der Waals surface area (Å²) in [5, 5.41) is 0. The Hall–Kier alpha value is -0.760. The van der Waals surface area contributed by atoms with Crippen molar-refractivity contribution in [2.24, 2.45) is 17.1 Å². The highest BCUT2D eigenvalue weighted by Crippen LogP contribution is 2.40. The molecule has 0 aliphatic heterocycles. The van der Waals surface area contributed by atoms with Crippen molar-refractivity contribution in [1.82, 2.24) is 4.57 Å². The SMILES string of the molecule is CCC(C)Cn1ccc2c1CC(C)(C)CC2N. The maximum absolute atomic E-state index is 6.29. The molecule has 0 bridgehead atoms. The maximum Gasteiger partial charge on any atom is 0.0318 e. The van der Waals surface area contributed by atoms with E-state index < -0.39 is 0 Å². The van der Waals surface area contributed by atoms with Crippen LogP contribution in [0.3, 0.4) is 0 Å². The van der Waals surface area contributed by atoms with Gasteiger partial charge in [-0.05, 0) is 35.8 Å². The van der Waals surface area contributed by atoms with Crippen molar-refractivity contribution in [2.45, 2.75) is 59.5 Å². The standard InChI is InChI=1S/C15H26N2/c1-5-11(2)10-17-7-6-12-13(16)8-15(3,4)9-14(12)17/h6-7,11,13H,5,8-10,16H2,1-4H3. The van der Waals surface area contributed by atoms with Gasteiger partial charge in [0.05, 0.1) is 0 Å². The number of rotatable bonds is 3. The fraction of sp³-hybridized carbons (Fsp3) is 0.733. The third kappa shape index (κ3) is 2.57. The maximum atomic E-state index is 6.29. The molecule has 1 aliphatic rings. The molecule has 96 valence electrons. The van der Waals surface area contributed by atoms with Gasteiger partial charge in [-0.25, -0.2) is 0 Å². The number of nitrogens with zero attached hydrogens (tertiary/aromatic N) is 1. The Balaban J connectivity index is 2.27. The monoisotopic (exact) mass is 234 g/mol. The minimum absolute atomic E-state index is 0.229. The fourth-order valence-electron chi connectivity index (χ4n) is 2.93. The van der Waals surface area contributed by atoms with E-state index in [0.717, 1.165) is 18.9 Å². The van der Waals surface area contributed by atoms with Gasteiger partial charge in [0.25, 0.3) is 0 Å². The Morgan fingerprint density at radius 2 is 2.24 bits per heavy atom. The van der Waals surface area contributed by atoms with Crippen molar-refractivity contribution in [1.29, 1.82) is 0 Å². The summed E-state index contributed by atoms with van der Waals surface area (Å²) in [7, 11) is 0. The van der Waals surface area contributed by atoms with Crippen LogP contribution in [0.2, 0.25) is 0 Å². The second-order valence-corrected chi connectivity index (χ2v) is 6.54. The summed E-state index contributed by atoms with van der Waals surface area (Å²) in [5.41, 5.74) is 9.49. The first-order chi connectivity index (χ1) is 7.93. The Kier molecular flexibility index (Phi) is 3.35. The number of aromatic nitrogens is 1. The van der Waals surface area contributed by atoms with E-state index in [0.29, 0.717) is 5.41 Å². The van der Waals surface area contributed by atoms with Crippen molar-refractivity contribution < 1.29 is 0 Å². The summed E-state index contributed by atoms with van der Waals surface area (Å²) in [4.78, 5) is 0. The third-order valence-corrected chi connectivity index (χ3v) is 4.14. The lowest BCUT2D eigenvalue weighted by atomic mass is 9.74. The van der Waals surface area contributed by atoms with Crippen LogP contribution in [0.4, 0.5) is 0 Å². The predicted octanol–water partition coefficient (Wildman–Crippen LogP) is 3.51. The van der Waals surface area contributed by atoms with E-state index >= 15 is 0 Å². The van der Waals surface area contributed by atoms with Crippen molar-refractivity contribution >= 4 is 0 Å². The Morgan fingerprint density at radius 3 is 2.88 bits per heavy atom. The van der Waals surface area contributed by atoms with Gasteiger partial charge in [-0.1, -0.05) is 34.1 Å². The molecule has 17 heavy (non-hydrogen) atoms. The average molecular weight is 234 g/mol. The number of hydrogen-bond donors (Lipinski definition) is 1. The Labute approximate surface area is 105 Å². The van der Waals surface area contributed by atoms with Gasteiger partial charge >= 0.3 is 0 Å². The van der Waals surface area contributed by atoms with Gasteiger partial charge in [0.2, 0.25) is 0 Å². The second-order valence-electron chi connectivity index (χ2n) is 6.54. The zero-order valence-corrected chi connectivity index (χ0v) is 11.7. The summed E-state index contributed by atoms with van der Waals surface area (Å²) >= 11 is 0. The Morgan fingerprint density at radius 1 is 1.53 bits per heavy atom. The Bertz CT molecular complexity index is 390. The van der Waals surface area contributed by atoms with Crippen LogP contribution in [-0.4, -0.2) is 4.57 Å². The van der Waals surface area contributed by atoms with Crippen molar-refractivity contribution in [3.8, 4) is 0 Å². The van der Waals surface area contributed by atoms with E-state index in [1.165, 1.54) is 24.1 Å². The summed E-state index contributed by atoms with van der Waals surface area (Å²) in [6, 6.07) is 2.46. The molecule has 2 heteroatoms. The normalized spacial score (nSPS) is 24.4. The minimum atomic E-state index is 0.229. The molecule has 0 spiro atoms. The van der Waals surface area contributed by atoms with Crippen LogP contribution in [0.5, 0.6) is 0 Å². The van der Waals surface area contributed by atoms with Crippen LogP contribution >= 0.6 is 0 Å². The van der Waals surface area contributed by atoms with E-state index in [9.17, 15) is 0 Å². The molecule has 2 rings (SSSR count). The van der Waals surface area contributed by atoms with Gasteiger partial charge in [0.15, 0.2) is 0 Å². The minimum Gasteiger partial charge on any atom is -0.351 e. The topological polar surface area (TPSA) is 30.9 Å². The number of hydrogen-bond acceptors (Lipinski definition) is 1. The third-order valence-electron chi connectivity index (χ3n) is 4.14. The molecule has 2 nitrogen and oxygen atoms in total. The highest BCUT2D eigenvalue weighted by molar-refractivity contribution is 5.30. The first-order valence-electron chi connectivity index (χ1n) is 6.86. The van der Waals surface area contributed by atoms with E-state index in [2.05, 4.69) is 44.5 Å². The molecule has 1 aromatic rings. The summed E-state index contributed by atoms with van der Waals surface area (Å²) in [6.07, 6.45) is 5.74. The van der Waals surface area contributed by atoms with Crippen LogP contribution in [0.15, 0.2) is 12.3 Å². The molecule has 0 aromatic carbocycles. The van der Waals surface area contributed by atoms with E-state index in [-0.39, 0.29) is 6.04 Å². The fourth-order valence-corrected chi connectivity index (χ4v) is 2.93. The first-order valence-corrected chi connectivity index (χ1v) is 6.86. The second kappa shape index (κ2) is 4.49. The van der Waals surface area contributed by atoms with Gasteiger partial charge in [-0.2, -0.15) is 0 Å². The van der Waals surface area contributed by atoms with E-state index in [1.807, 2.05) is 0 Å². The predicted molar refractivity (Wildman–Crippen MR) is 72.9 cm³/mol. The van der Waals surface area contributed by atoms with Gasteiger partial charge in [-0.3, -0.25) is 0 Å². The molecule has 1 aromatic heterocycles. The molecule has 1 heterocycles. The summed E-state index contributed by atoms with van der Waals surface area (Å²) < 4.78 is 2.43. The average Bonchev–Trinajstić information content (AvgIpc) is 2.60. The first kappa shape index (κ1) is 12.7. The molecule has 2 atom stereocenters. The quantitative estimate of drug-likeness (QED) is 0.852. The van der Waals surface area contributed by atoms with E-state index in [1.54, 1.807) is 0 Å². The van der Waals surface area contributed by atoms with Gasteiger partial charge < -0.3 is 10.3 Å². The molecular formula is C15H26N2. The highest BCUT2D eigenvalue weighted by Gasteiger charge is 2.32. The molecule has 0 amide bonds. The van der Waals surface area contributed by atoms with Crippen LogP contribution in [0, 0.1) is 11.3 Å². The smallest absolute Gasteiger partial charge is 0.0318 e. The van der Waals surface area contributed by atoms with Crippen molar-refractivity contribution in [2.75, 3.05) is 0 Å². The molecular weight excluding hydrogens is 208 g/mol. The van der Waals surface area contributed by atoms with Gasteiger partial charge in [0, 0.05) is 24.5 Å². The van der Waals surface area contributed by atoms with Gasteiger partial charge in [0.1, 0.15) is 0 Å². The molecule has 0 radical (unpaired) electrons.